The first-order valence-corrected chi connectivity index (χ1v) is 14.4. The summed E-state index contributed by atoms with van der Waals surface area (Å²) in [4.78, 5) is 12.5. The summed E-state index contributed by atoms with van der Waals surface area (Å²) < 4.78 is 51.1. The molecule has 176 valence electrons. The SMILES string of the molecule is N#CCNC(=O)C1CCCCC1CS(=O)(=O)c1ccc(CS(=O)(=O)Cc2ccccc2)cc1. The lowest BCUT2D eigenvalue weighted by Crippen LogP contribution is -2.39. The summed E-state index contributed by atoms with van der Waals surface area (Å²) in [5.74, 6) is -1.41. The van der Waals surface area contributed by atoms with E-state index in [1.165, 1.54) is 24.3 Å². The molecule has 1 saturated carbocycles. The van der Waals surface area contributed by atoms with Crippen molar-refractivity contribution >= 4 is 25.6 Å². The van der Waals surface area contributed by atoms with Crippen molar-refractivity contribution in [3.8, 4) is 6.07 Å². The summed E-state index contributed by atoms with van der Waals surface area (Å²) in [7, 11) is -7.05. The van der Waals surface area contributed by atoms with Crippen LogP contribution in [0, 0.1) is 23.2 Å². The Labute approximate surface area is 195 Å². The van der Waals surface area contributed by atoms with Gasteiger partial charge in [-0.25, -0.2) is 16.8 Å². The maximum atomic E-state index is 13.0. The maximum absolute atomic E-state index is 13.0. The van der Waals surface area contributed by atoms with Gasteiger partial charge in [-0.1, -0.05) is 55.3 Å². The van der Waals surface area contributed by atoms with E-state index >= 15 is 0 Å². The zero-order chi connectivity index (χ0) is 23.9. The van der Waals surface area contributed by atoms with Crippen molar-refractivity contribution in [1.82, 2.24) is 5.32 Å². The minimum atomic E-state index is -3.65. The van der Waals surface area contributed by atoms with Crippen molar-refractivity contribution in [1.29, 1.82) is 5.26 Å². The molecule has 1 aliphatic rings. The summed E-state index contributed by atoms with van der Waals surface area (Å²) >= 11 is 0. The normalized spacial score (nSPS) is 18.9. The predicted octanol–water partition coefficient (Wildman–Crippen LogP) is 3.02. The molecule has 1 fully saturated rings. The molecule has 0 aliphatic heterocycles. The van der Waals surface area contributed by atoms with Gasteiger partial charge in [-0.05, 0) is 42.0 Å². The van der Waals surface area contributed by atoms with Gasteiger partial charge in [0.05, 0.1) is 28.2 Å². The number of hydrogen-bond donors (Lipinski definition) is 1. The van der Waals surface area contributed by atoms with Crippen LogP contribution in [0.15, 0.2) is 59.5 Å². The molecular weight excluding hydrogens is 460 g/mol. The van der Waals surface area contributed by atoms with Crippen molar-refractivity contribution < 1.29 is 21.6 Å². The van der Waals surface area contributed by atoms with Crippen LogP contribution in [0.3, 0.4) is 0 Å². The number of hydrogen-bond acceptors (Lipinski definition) is 6. The van der Waals surface area contributed by atoms with Crippen molar-refractivity contribution in [2.75, 3.05) is 12.3 Å². The zero-order valence-corrected chi connectivity index (χ0v) is 19.9. The van der Waals surface area contributed by atoms with Gasteiger partial charge in [-0.15, -0.1) is 0 Å². The highest BCUT2D eigenvalue weighted by Gasteiger charge is 2.34. The van der Waals surface area contributed by atoms with Crippen LogP contribution in [0.5, 0.6) is 0 Å². The summed E-state index contributed by atoms with van der Waals surface area (Å²) in [5, 5.41) is 11.2. The first-order valence-electron chi connectivity index (χ1n) is 10.9. The monoisotopic (exact) mass is 488 g/mol. The second kappa shape index (κ2) is 10.9. The second-order valence-corrected chi connectivity index (χ2v) is 12.6. The molecule has 0 radical (unpaired) electrons. The molecule has 1 amide bonds. The molecule has 1 aliphatic carbocycles. The molecule has 2 unspecified atom stereocenters. The average Bonchev–Trinajstić information content (AvgIpc) is 2.78. The molecule has 3 rings (SSSR count). The minimum Gasteiger partial charge on any atom is -0.343 e. The van der Waals surface area contributed by atoms with Crippen LogP contribution in [-0.4, -0.2) is 35.0 Å². The van der Waals surface area contributed by atoms with Gasteiger partial charge in [0.1, 0.15) is 6.54 Å². The molecule has 0 bridgehead atoms. The number of sulfone groups is 2. The Morgan fingerprint density at radius 1 is 0.909 bits per heavy atom. The van der Waals surface area contributed by atoms with E-state index in [1.54, 1.807) is 24.3 Å². The Morgan fingerprint density at radius 2 is 1.52 bits per heavy atom. The second-order valence-electron chi connectivity index (χ2n) is 8.47. The molecule has 0 heterocycles. The van der Waals surface area contributed by atoms with E-state index in [4.69, 9.17) is 5.26 Å². The van der Waals surface area contributed by atoms with Crippen LogP contribution in [0.4, 0.5) is 0 Å². The molecule has 1 N–H and O–H groups in total. The third kappa shape index (κ3) is 7.14. The molecule has 0 saturated heterocycles. The van der Waals surface area contributed by atoms with Gasteiger partial charge in [0, 0.05) is 5.92 Å². The quantitative estimate of drug-likeness (QED) is 0.542. The fourth-order valence-corrected chi connectivity index (χ4v) is 7.52. The Kier molecular flexibility index (Phi) is 8.27. The van der Waals surface area contributed by atoms with Crippen LogP contribution in [0.2, 0.25) is 0 Å². The van der Waals surface area contributed by atoms with E-state index in [9.17, 15) is 21.6 Å². The van der Waals surface area contributed by atoms with Crippen LogP contribution in [0.25, 0.3) is 0 Å². The highest BCUT2D eigenvalue weighted by Crippen LogP contribution is 2.32. The van der Waals surface area contributed by atoms with E-state index in [2.05, 4.69) is 5.32 Å². The fourth-order valence-electron chi connectivity index (χ4n) is 4.31. The molecule has 2 aromatic carbocycles. The van der Waals surface area contributed by atoms with E-state index < -0.39 is 25.6 Å². The van der Waals surface area contributed by atoms with Gasteiger partial charge < -0.3 is 5.32 Å². The van der Waals surface area contributed by atoms with Crippen LogP contribution in [0.1, 0.15) is 36.8 Å². The predicted molar refractivity (Wildman–Crippen MR) is 125 cm³/mol. The van der Waals surface area contributed by atoms with Crippen molar-refractivity contribution in [2.45, 2.75) is 42.1 Å². The number of nitriles is 1. The summed E-state index contributed by atoms with van der Waals surface area (Å²) in [6, 6.07) is 16.7. The molecule has 2 aromatic rings. The third-order valence-electron chi connectivity index (χ3n) is 5.92. The van der Waals surface area contributed by atoms with Crippen molar-refractivity contribution in [2.24, 2.45) is 11.8 Å². The Balaban J connectivity index is 1.67. The zero-order valence-electron chi connectivity index (χ0n) is 18.3. The van der Waals surface area contributed by atoms with Crippen molar-refractivity contribution in [3.05, 3.63) is 65.7 Å². The maximum Gasteiger partial charge on any atom is 0.224 e. The van der Waals surface area contributed by atoms with Gasteiger partial charge in [-0.2, -0.15) is 5.26 Å². The van der Waals surface area contributed by atoms with Gasteiger partial charge in [0.25, 0.3) is 0 Å². The van der Waals surface area contributed by atoms with Crippen LogP contribution < -0.4 is 5.32 Å². The molecule has 0 aromatic heterocycles. The average molecular weight is 489 g/mol. The molecule has 33 heavy (non-hydrogen) atoms. The number of amides is 1. The highest BCUT2D eigenvalue weighted by atomic mass is 32.2. The number of rotatable bonds is 9. The Hall–Kier alpha value is -2.70. The van der Waals surface area contributed by atoms with Gasteiger partial charge >= 0.3 is 0 Å². The first kappa shape index (κ1) is 24.9. The minimum absolute atomic E-state index is 0.0785. The lowest BCUT2D eigenvalue weighted by Gasteiger charge is -2.30. The number of benzene rings is 2. The standard InChI is InChI=1S/C24H28N2O5S2/c25-14-15-26-24(27)23-9-5-4-8-21(23)18-33(30,31)22-12-10-20(11-13-22)17-32(28,29)16-19-6-2-1-3-7-19/h1-3,6-7,10-13,21,23H,4-5,8-9,15-18H2,(H,26,27). The van der Waals surface area contributed by atoms with Crippen LogP contribution in [-0.2, 0) is 36.0 Å². The highest BCUT2D eigenvalue weighted by molar-refractivity contribution is 7.91. The molecule has 0 spiro atoms. The Bertz CT molecular complexity index is 1200. The number of nitrogens with one attached hydrogen (secondary N) is 1. The number of carbonyl (C=O) groups is 1. The lowest BCUT2D eigenvalue weighted by atomic mass is 9.80. The largest absolute Gasteiger partial charge is 0.343 e. The van der Waals surface area contributed by atoms with Gasteiger partial charge in [0.15, 0.2) is 19.7 Å². The first-order chi connectivity index (χ1) is 15.7. The summed E-state index contributed by atoms with van der Waals surface area (Å²) in [6.45, 7) is -0.0938. The van der Waals surface area contributed by atoms with Crippen LogP contribution >= 0.6 is 0 Å². The molecule has 2 atom stereocenters. The van der Waals surface area contributed by atoms with E-state index in [0.717, 1.165) is 12.8 Å². The van der Waals surface area contributed by atoms with E-state index in [-0.39, 0.29) is 40.5 Å². The lowest BCUT2D eigenvalue weighted by molar-refractivity contribution is -0.127. The third-order valence-corrected chi connectivity index (χ3v) is 9.32. The van der Waals surface area contributed by atoms with E-state index in [0.29, 0.717) is 24.0 Å². The summed E-state index contributed by atoms with van der Waals surface area (Å²) in [6.07, 6.45) is 2.96. The molecular formula is C24H28N2O5S2. The van der Waals surface area contributed by atoms with Crippen molar-refractivity contribution in [3.63, 3.8) is 0 Å². The molecule has 7 nitrogen and oxygen atoms in total. The smallest absolute Gasteiger partial charge is 0.224 e. The fraction of sp³-hybridized carbons (Fsp3) is 0.417. The van der Waals surface area contributed by atoms with E-state index in [1.807, 2.05) is 12.1 Å². The molecule has 9 heteroatoms. The van der Waals surface area contributed by atoms with Gasteiger partial charge in [-0.3, -0.25) is 4.79 Å². The van der Waals surface area contributed by atoms with Gasteiger partial charge in [0.2, 0.25) is 5.91 Å². The Morgan fingerprint density at radius 3 is 2.15 bits per heavy atom. The summed E-state index contributed by atoms with van der Waals surface area (Å²) in [5.41, 5.74) is 1.23. The topological polar surface area (TPSA) is 121 Å². The number of carbonyl (C=O) groups excluding carboxylic acids is 1. The number of nitrogens with zero attached hydrogens (tertiary/aromatic N) is 1.